The molecule has 2 unspecified atom stereocenters. The van der Waals surface area contributed by atoms with Crippen LogP contribution in [0.3, 0.4) is 0 Å². The van der Waals surface area contributed by atoms with E-state index in [4.69, 9.17) is 4.74 Å². The fraction of sp³-hybridized carbons (Fsp3) is 0.524. The molecule has 1 N–H and O–H groups in total. The van der Waals surface area contributed by atoms with E-state index in [-0.39, 0.29) is 18.2 Å². The number of rotatable bonds is 1. The van der Waals surface area contributed by atoms with Crippen LogP contribution in [0.25, 0.3) is 10.9 Å². The second-order valence-electron chi connectivity index (χ2n) is 8.62. The second kappa shape index (κ2) is 5.95. The van der Waals surface area contributed by atoms with Crippen LogP contribution in [0, 0.1) is 0 Å². The van der Waals surface area contributed by atoms with Gasteiger partial charge in [0.05, 0.1) is 11.1 Å². The maximum atomic E-state index is 12.6. The lowest BCUT2D eigenvalue weighted by atomic mass is 9.80. The number of hydrogen-bond donors (Lipinski definition) is 1. The first kappa shape index (κ1) is 17.3. The monoisotopic (exact) mass is 354 g/mol. The van der Waals surface area contributed by atoms with Crippen LogP contribution >= 0.6 is 0 Å². The van der Waals surface area contributed by atoms with Gasteiger partial charge in [-0.05, 0) is 51.3 Å². The summed E-state index contributed by atoms with van der Waals surface area (Å²) in [5.74, 6) is 0. The van der Waals surface area contributed by atoms with E-state index in [1.165, 1.54) is 0 Å². The van der Waals surface area contributed by atoms with Crippen molar-refractivity contribution in [3.63, 3.8) is 0 Å². The van der Waals surface area contributed by atoms with Crippen LogP contribution in [0.4, 0.5) is 4.79 Å². The number of hydrogen-bond acceptors (Lipinski definition) is 4. The van der Waals surface area contributed by atoms with Gasteiger partial charge >= 0.3 is 6.09 Å². The Bertz CT molecular complexity index is 829. The zero-order valence-electron chi connectivity index (χ0n) is 15.6. The van der Waals surface area contributed by atoms with Gasteiger partial charge in [-0.2, -0.15) is 0 Å². The second-order valence-corrected chi connectivity index (χ2v) is 8.62. The zero-order chi connectivity index (χ0) is 18.5. The summed E-state index contributed by atoms with van der Waals surface area (Å²) in [5, 5.41) is 12.5. The Hall–Kier alpha value is -2.14. The molecule has 2 aliphatic rings. The average molecular weight is 354 g/mol. The van der Waals surface area contributed by atoms with Gasteiger partial charge in [0.1, 0.15) is 5.60 Å². The van der Waals surface area contributed by atoms with Crippen LogP contribution in [0.5, 0.6) is 0 Å². The van der Waals surface area contributed by atoms with E-state index in [0.717, 1.165) is 29.3 Å². The van der Waals surface area contributed by atoms with Crippen LogP contribution in [-0.2, 0) is 10.3 Å². The maximum absolute atomic E-state index is 12.6. The summed E-state index contributed by atoms with van der Waals surface area (Å²) in [6.45, 7) is 5.65. The van der Waals surface area contributed by atoms with Gasteiger partial charge in [-0.25, -0.2) is 4.79 Å². The van der Waals surface area contributed by atoms with E-state index >= 15 is 0 Å². The summed E-state index contributed by atoms with van der Waals surface area (Å²) < 4.78 is 5.58. The summed E-state index contributed by atoms with van der Waals surface area (Å²) >= 11 is 0. The normalized spacial score (nSPS) is 28.4. The molecule has 0 radical (unpaired) electrons. The van der Waals surface area contributed by atoms with Crippen molar-refractivity contribution < 1.29 is 14.6 Å². The number of ether oxygens (including phenoxy) is 1. The van der Waals surface area contributed by atoms with Gasteiger partial charge in [0.15, 0.2) is 0 Å². The molecule has 0 saturated carbocycles. The molecule has 2 atom stereocenters. The summed E-state index contributed by atoms with van der Waals surface area (Å²) in [6.07, 6.45) is 4.43. The number of amides is 1. The Labute approximate surface area is 154 Å². The summed E-state index contributed by atoms with van der Waals surface area (Å²) in [5.41, 5.74) is 0.356. The predicted octanol–water partition coefficient (Wildman–Crippen LogP) is 3.98. The first-order valence-electron chi connectivity index (χ1n) is 9.34. The minimum atomic E-state index is -0.921. The van der Waals surface area contributed by atoms with E-state index in [1.54, 1.807) is 6.20 Å². The van der Waals surface area contributed by atoms with Crippen LogP contribution in [0.1, 0.15) is 52.0 Å². The van der Waals surface area contributed by atoms with Gasteiger partial charge in [-0.15, -0.1) is 0 Å². The molecule has 1 amide bonds. The highest BCUT2D eigenvalue weighted by Crippen LogP contribution is 2.46. The van der Waals surface area contributed by atoms with Crippen LogP contribution in [0.15, 0.2) is 36.5 Å². The number of benzene rings is 1. The third-order valence-electron chi connectivity index (χ3n) is 5.51. The van der Waals surface area contributed by atoms with E-state index in [9.17, 15) is 9.90 Å². The van der Waals surface area contributed by atoms with Crippen molar-refractivity contribution in [2.75, 3.05) is 0 Å². The van der Waals surface area contributed by atoms with E-state index in [0.29, 0.717) is 12.8 Å². The molecule has 2 bridgehead atoms. The summed E-state index contributed by atoms with van der Waals surface area (Å²) in [4.78, 5) is 18.9. The van der Waals surface area contributed by atoms with Gasteiger partial charge in [0.2, 0.25) is 0 Å². The fourth-order valence-corrected chi connectivity index (χ4v) is 4.43. The molecule has 138 valence electrons. The van der Waals surface area contributed by atoms with Crippen LogP contribution < -0.4 is 0 Å². The third kappa shape index (κ3) is 3.05. The van der Waals surface area contributed by atoms with Crippen molar-refractivity contribution in [1.82, 2.24) is 9.88 Å². The molecule has 2 aromatic rings. The van der Waals surface area contributed by atoms with Gasteiger partial charge < -0.3 is 14.7 Å². The Morgan fingerprint density at radius 1 is 1.23 bits per heavy atom. The number of carbonyl (C=O) groups excluding carboxylic acids is 1. The van der Waals surface area contributed by atoms with Crippen molar-refractivity contribution in [1.29, 1.82) is 0 Å². The highest BCUT2D eigenvalue weighted by Gasteiger charge is 2.51. The standard InChI is InChI=1S/C21H26N2O3/c1-20(2,3)26-19(24)23-16-8-9-17(23)13-21(25,12-16)15-7-6-14-5-4-10-22-18(14)11-15/h4-7,10-11,16-17,25H,8-9,12-13H2,1-3H3. The number of pyridine rings is 1. The number of aliphatic hydroxyl groups is 1. The quantitative estimate of drug-likeness (QED) is 0.841. The molecule has 5 nitrogen and oxygen atoms in total. The molecule has 4 rings (SSSR count). The molecule has 5 heteroatoms. The first-order chi connectivity index (χ1) is 12.3. The van der Waals surface area contributed by atoms with Crippen LogP contribution in [0.2, 0.25) is 0 Å². The Balaban J connectivity index is 1.59. The zero-order valence-corrected chi connectivity index (χ0v) is 15.6. The largest absolute Gasteiger partial charge is 0.444 e. The molecule has 2 aliphatic heterocycles. The number of nitrogens with zero attached hydrogens (tertiary/aromatic N) is 2. The lowest BCUT2D eigenvalue weighted by Crippen LogP contribution is -2.53. The molecule has 1 aromatic heterocycles. The third-order valence-corrected chi connectivity index (χ3v) is 5.51. The van der Waals surface area contributed by atoms with Crippen molar-refractivity contribution in [3.8, 4) is 0 Å². The summed E-state index contributed by atoms with van der Waals surface area (Å²) in [7, 11) is 0. The highest BCUT2D eigenvalue weighted by molar-refractivity contribution is 5.79. The van der Waals surface area contributed by atoms with Crippen molar-refractivity contribution in [2.45, 2.75) is 69.7 Å². The Morgan fingerprint density at radius 3 is 2.58 bits per heavy atom. The lowest BCUT2D eigenvalue weighted by molar-refractivity contribution is -0.0623. The molecule has 2 fully saturated rings. The van der Waals surface area contributed by atoms with Crippen molar-refractivity contribution in [3.05, 3.63) is 42.1 Å². The number of piperidine rings is 1. The average Bonchev–Trinajstić information content (AvgIpc) is 2.85. The van der Waals surface area contributed by atoms with Gasteiger partial charge in [-0.1, -0.05) is 18.2 Å². The van der Waals surface area contributed by atoms with Crippen molar-refractivity contribution in [2.24, 2.45) is 0 Å². The smallest absolute Gasteiger partial charge is 0.410 e. The van der Waals surface area contributed by atoms with Gasteiger partial charge in [0.25, 0.3) is 0 Å². The predicted molar refractivity (Wildman–Crippen MR) is 99.8 cm³/mol. The highest BCUT2D eigenvalue weighted by atomic mass is 16.6. The minimum Gasteiger partial charge on any atom is -0.444 e. The molecule has 0 spiro atoms. The SMILES string of the molecule is CC(C)(C)OC(=O)N1C2CCC1CC(O)(c1ccc3cccnc3c1)C2. The molecule has 26 heavy (non-hydrogen) atoms. The van der Waals surface area contributed by atoms with E-state index in [2.05, 4.69) is 4.98 Å². The molecule has 1 aromatic carbocycles. The molecule has 0 aliphatic carbocycles. The van der Waals surface area contributed by atoms with Crippen LogP contribution in [-0.4, -0.2) is 38.8 Å². The topological polar surface area (TPSA) is 62.7 Å². The number of aromatic nitrogens is 1. The van der Waals surface area contributed by atoms with E-state index < -0.39 is 11.2 Å². The number of fused-ring (bicyclic) bond motifs is 3. The molecule has 3 heterocycles. The minimum absolute atomic E-state index is 0.0213. The lowest BCUT2D eigenvalue weighted by Gasteiger charge is -2.44. The van der Waals surface area contributed by atoms with Crippen molar-refractivity contribution >= 4 is 17.0 Å². The Morgan fingerprint density at radius 2 is 1.92 bits per heavy atom. The molecular formula is C21H26N2O3. The van der Waals surface area contributed by atoms with Gasteiger partial charge in [0, 0.05) is 36.5 Å². The molecular weight excluding hydrogens is 328 g/mol. The Kier molecular flexibility index (Phi) is 3.95. The number of carbonyl (C=O) groups is 1. The van der Waals surface area contributed by atoms with E-state index in [1.807, 2.05) is 56.0 Å². The van der Waals surface area contributed by atoms with Gasteiger partial charge in [-0.3, -0.25) is 4.98 Å². The summed E-state index contributed by atoms with van der Waals surface area (Å²) in [6, 6.07) is 9.96. The first-order valence-corrected chi connectivity index (χ1v) is 9.34. The maximum Gasteiger partial charge on any atom is 0.410 e. The fourth-order valence-electron chi connectivity index (χ4n) is 4.43. The molecule has 2 saturated heterocycles.